The molecule has 0 atom stereocenters. The summed E-state index contributed by atoms with van der Waals surface area (Å²) in [5, 5.41) is 12.1. The first-order valence-corrected chi connectivity index (χ1v) is 8.18. The second-order valence-corrected chi connectivity index (χ2v) is 5.79. The smallest absolute Gasteiger partial charge is 0.289 e. The molecule has 1 fully saturated rings. The third kappa shape index (κ3) is 3.06. The SMILES string of the molecule is O=C(c1ccc(-n2cccn2)nn1)N1CCN(C(=O)c2ccco2)CC1. The van der Waals surface area contributed by atoms with Crippen molar-refractivity contribution in [3.05, 3.63) is 60.4 Å². The zero-order valence-corrected chi connectivity index (χ0v) is 13.9. The first-order valence-electron chi connectivity index (χ1n) is 8.18. The number of carbonyl (C=O) groups excluding carboxylic acids is 2. The van der Waals surface area contributed by atoms with Crippen molar-refractivity contribution in [2.45, 2.75) is 0 Å². The third-order valence-electron chi connectivity index (χ3n) is 4.19. The highest BCUT2D eigenvalue weighted by atomic mass is 16.3. The fourth-order valence-corrected chi connectivity index (χ4v) is 2.80. The van der Waals surface area contributed by atoms with Crippen LogP contribution in [0.15, 0.2) is 53.4 Å². The number of aromatic nitrogens is 4. The van der Waals surface area contributed by atoms with E-state index in [1.54, 1.807) is 57.2 Å². The predicted molar refractivity (Wildman–Crippen MR) is 89.7 cm³/mol. The molecule has 1 aliphatic rings. The van der Waals surface area contributed by atoms with E-state index in [9.17, 15) is 9.59 Å². The molecule has 1 saturated heterocycles. The molecule has 9 nitrogen and oxygen atoms in total. The van der Waals surface area contributed by atoms with Crippen LogP contribution in [0.2, 0.25) is 0 Å². The van der Waals surface area contributed by atoms with Crippen LogP contribution in [0.1, 0.15) is 21.0 Å². The summed E-state index contributed by atoms with van der Waals surface area (Å²) < 4.78 is 6.71. The maximum Gasteiger partial charge on any atom is 0.289 e. The molecule has 0 bridgehead atoms. The van der Waals surface area contributed by atoms with E-state index in [0.29, 0.717) is 37.8 Å². The lowest BCUT2D eigenvalue weighted by atomic mass is 10.2. The number of furan rings is 1. The highest BCUT2D eigenvalue weighted by Gasteiger charge is 2.27. The van der Waals surface area contributed by atoms with Gasteiger partial charge in [-0.3, -0.25) is 9.59 Å². The largest absolute Gasteiger partial charge is 0.459 e. The Bertz CT molecular complexity index is 881. The van der Waals surface area contributed by atoms with Gasteiger partial charge >= 0.3 is 0 Å². The van der Waals surface area contributed by atoms with E-state index in [1.165, 1.54) is 6.26 Å². The molecular weight excluding hydrogens is 336 g/mol. The topological polar surface area (TPSA) is 97.4 Å². The molecule has 2 amide bonds. The van der Waals surface area contributed by atoms with Gasteiger partial charge in [-0.25, -0.2) is 4.68 Å². The van der Waals surface area contributed by atoms with Gasteiger partial charge in [-0.1, -0.05) is 0 Å². The number of carbonyl (C=O) groups is 2. The second kappa shape index (κ2) is 6.79. The summed E-state index contributed by atoms with van der Waals surface area (Å²) in [6, 6.07) is 8.43. The number of hydrogen-bond acceptors (Lipinski definition) is 6. The van der Waals surface area contributed by atoms with Crippen LogP contribution >= 0.6 is 0 Å². The summed E-state index contributed by atoms with van der Waals surface area (Å²) in [5.74, 6) is 0.491. The molecular formula is C17H16N6O3. The molecule has 3 aromatic rings. The van der Waals surface area contributed by atoms with Crippen molar-refractivity contribution in [3.8, 4) is 5.82 Å². The van der Waals surface area contributed by atoms with Crippen LogP contribution in [0.25, 0.3) is 5.82 Å². The fraction of sp³-hybridized carbons (Fsp3) is 0.235. The van der Waals surface area contributed by atoms with Gasteiger partial charge in [-0.05, 0) is 30.3 Å². The molecule has 3 aromatic heterocycles. The highest BCUT2D eigenvalue weighted by Crippen LogP contribution is 2.12. The highest BCUT2D eigenvalue weighted by molar-refractivity contribution is 5.93. The molecule has 0 saturated carbocycles. The zero-order valence-electron chi connectivity index (χ0n) is 13.9. The summed E-state index contributed by atoms with van der Waals surface area (Å²) in [5.41, 5.74) is 0.270. The third-order valence-corrected chi connectivity index (χ3v) is 4.19. The Kier molecular flexibility index (Phi) is 4.18. The summed E-state index contributed by atoms with van der Waals surface area (Å²) in [4.78, 5) is 28.2. The maximum atomic E-state index is 12.6. The van der Waals surface area contributed by atoms with E-state index in [4.69, 9.17) is 4.42 Å². The van der Waals surface area contributed by atoms with Crippen molar-refractivity contribution < 1.29 is 14.0 Å². The summed E-state index contributed by atoms with van der Waals surface area (Å²) in [7, 11) is 0. The number of amides is 2. The molecule has 0 aliphatic carbocycles. The zero-order chi connectivity index (χ0) is 17.9. The van der Waals surface area contributed by atoms with Crippen LogP contribution in [0.5, 0.6) is 0 Å². The normalized spacial score (nSPS) is 14.5. The van der Waals surface area contributed by atoms with Gasteiger partial charge in [0.15, 0.2) is 17.3 Å². The molecule has 0 unspecified atom stereocenters. The van der Waals surface area contributed by atoms with Gasteiger partial charge in [-0.15, -0.1) is 10.2 Å². The van der Waals surface area contributed by atoms with Crippen molar-refractivity contribution in [3.63, 3.8) is 0 Å². The van der Waals surface area contributed by atoms with Gasteiger partial charge < -0.3 is 14.2 Å². The fourth-order valence-electron chi connectivity index (χ4n) is 2.80. The monoisotopic (exact) mass is 352 g/mol. The second-order valence-electron chi connectivity index (χ2n) is 5.79. The van der Waals surface area contributed by atoms with Crippen LogP contribution in [0, 0.1) is 0 Å². The molecule has 132 valence electrons. The predicted octanol–water partition coefficient (Wildman–Crippen LogP) is 0.853. The molecule has 4 heterocycles. The average molecular weight is 352 g/mol. The van der Waals surface area contributed by atoms with E-state index in [1.807, 2.05) is 0 Å². The standard InChI is InChI=1S/C17H16N6O3/c24-16(13-4-5-15(20-19-13)23-7-2-6-18-23)21-8-10-22(11-9-21)17(25)14-3-1-12-26-14/h1-7,12H,8-11H2. The van der Waals surface area contributed by atoms with Gasteiger partial charge in [0, 0.05) is 38.6 Å². The Morgan fingerprint density at radius 2 is 1.69 bits per heavy atom. The van der Waals surface area contributed by atoms with E-state index in [2.05, 4.69) is 15.3 Å². The molecule has 4 rings (SSSR count). The quantitative estimate of drug-likeness (QED) is 0.693. The molecule has 0 N–H and O–H groups in total. The lowest BCUT2D eigenvalue weighted by molar-refractivity contribution is 0.0514. The van der Waals surface area contributed by atoms with Crippen LogP contribution in [-0.2, 0) is 0 Å². The Morgan fingerprint density at radius 3 is 2.27 bits per heavy atom. The molecule has 26 heavy (non-hydrogen) atoms. The van der Waals surface area contributed by atoms with Gasteiger partial charge in [-0.2, -0.15) is 5.10 Å². The minimum absolute atomic E-state index is 0.162. The van der Waals surface area contributed by atoms with Gasteiger partial charge in [0.05, 0.1) is 6.26 Å². The first-order chi connectivity index (χ1) is 12.7. The number of piperazine rings is 1. The Morgan fingerprint density at radius 1 is 0.923 bits per heavy atom. The van der Waals surface area contributed by atoms with E-state index in [-0.39, 0.29) is 17.5 Å². The number of nitrogens with zero attached hydrogens (tertiary/aromatic N) is 6. The molecule has 9 heteroatoms. The van der Waals surface area contributed by atoms with E-state index in [0.717, 1.165) is 0 Å². The summed E-state index contributed by atoms with van der Waals surface area (Å²) in [6.07, 6.45) is 4.86. The summed E-state index contributed by atoms with van der Waals surface area (Å²) >= 11 is 0. The van der Waals surface area contributed by atoms with Crippen molar-refractivity contribution in [2.75, 3.05) is 26.2 Å². The van der Waals surface area contributed by atoms with Crippen molar-refractivity contribution >= 4 is 11.8 Å². The average Bonchev–Trinajstić information content (AvgIpc) is 3.41. The molecule has 0 spiro atoms. The lowest BCUT2D eigenvalue weighted by Crippen LogP contribution is -2.50. The lowest BCUT2D eigenvalue weighted by Gasteiger charge is -2.34. The minimum atomic E-state index is -0.199. The summed E-state index contributed by atoms with van der Waals surface area (Å²) in [6.45, 7) is 1.77. The van der Waals surface area contributed by atoms with Crippen LogP contribution in [-0.4, -0.2) is 67.8 Å². The van der Waals surface area contributed by atoms with Gasteiger partial charge in [0.1, 0.15) is 0 Å². The van der Waals surface area contributed by atoms with Gasteiger partial charge in [0.25, 0.3) is 11.8 Å². The minimum Gasteiger partial charge on any atom is -0.459 e. The molecule has 1 aliphatic heterocycles. The number of rotatable bonds is 3. The van der Waals surface area contributed by atoms with Crippen molar-refractivity contribution in [2.24, 2.45) is 0 Å². The van der Waals surface area contributed by atoms with Crippen LogP contribution in [0.3, 0.4) is 0 Å². The Labute approximate surface area is 148 Å². The Balaban J connectivity index is 1.38. The maximum absolute atomic E-state index is 12.6. The van der Waals surface area contributed by atoms with Crippen LogP contribution in [0.4, 0.5) is 0 Å². The molecule has 0 aromatic carbocycles. The van der Waals surface area contributed by atoms with Crippen LogP contribution < -0.4 is 0 Å². The van der Waals surface area contributed by atoms with E-state index >= 15 is 0 Å². The van der Waals surface area contributed by atoms with Crippen molar-refractivity contribution in [1.82, 2.24) is 29.8 Å². The van der Waals surface area contributed by atoms with Crippen molar-refractivity contribution in [1.29, 1.82) is 0 Å². The Hall–Kier alpha value is -3.49. The van der Waals surface area contributed by atoms with E-state index < -0.39 is 0 Å². The molecule has 0 radical (unpaired) electrons. The first kappa shape index (κ1) is 16.0. The number of hydrogen-bond donors (Lipinski definition) is 0. The van der Waals surface area contributed by atoms with Gasteiger partial charge in [0.2, 0.25) is 0 Å².